The van der Waals surface area contributed by atoms with Crippen LogP contribution in [0.4, 0.5) is 0 Å². The van der Waals surface area contributed by atoms with Gasteiger partial charge in [0.15, 0.2) is 0 Å². The molecule has 1 N–H and O–H groups in total. The molecule has 20 heavy (non-hydrogen) atoms. The van der Waals surface area contributed by atoms with E-state index in [-0.39, 0.29) is 6.10 Å². The van der Waals surface area contributed by atoms with Gasteiger partial charge in [-0.3, -0.25) is 0 Å². The summed E-state index contributed by atoms with van der Waals surface area (Å²) in [6, 6.07) is 0. The minimum Gasteiger partial charge on any atom is -0.393 e. The van der Waals surface area contributed by atoms with Crippen molar-refractivity contribution < 1.29 is 5.11 Å². The predicted octanol–water partition coefficient (Wildman–Crippen LogP) is 4.70. The molecular formula is C19H30O. The summed E-state index contributed by atoms with van der Waals surface area (Å²) < 4.78 is 0. The Hall–Kier alpha value is -0.300. The van der Waals surface area contributed by atoms with Gasteiger partial charge in [0.05, 0.1) is 6.10 Å². The standard InChI is InChI=1S/C19H30O/c1-18-9-3-4-16(18)15-6-5-13-12-14(20)7-11-19(13,2)17(15)8-10-18/h5,14-17,20H,3-4,6-12H2,1-2H3/t14-,15-,16+,17-,18-,19-/m1/s1. The zero-order valence-corrected chi connectivity index (χ0v) is 13.2. The van der Waals surface area contributed by atoms with Crippen molar-refractivity contribution in [3.8, 4) is 0 Å². The number of rotatable bonds is 0. The first-order valence-electron chi connectivity index (χ1n) is 8.90. The van der Waals surface area contributed by atoms with Crippen molar-refractivity contribution in [2.75, 3.05) is 0 Å². The molecule has 4 aliphatic carbocycles. The highest BCUT2D eigenvalue weighted by atomic mass is 16.3. The van der Waals surface area contributed by atoms with Crippen molar-refractivity contribution in [1.29, 1.82) is 0 Å². The summed E-state index contributed by atoms with van der Waals surface area (Å²) >= 11 is 0. The van der Waals surface area contributed by atoms with Crippen LogP contribution in [-0.4, -0.2) is 11.2 Å². The fourth-order valence-electron chi connectivity index (χ4n) is 6.63. The molecule has 0 amide bonds. The van der Waals surface area contributed by atoms with Gasteiger partial charge in [-0.15, -0.1) is 0 Å². The molecule has 0 aromatic rings. The van der Waals surface area contributed by atoms with Gasteiger partial charge in [-0.2, -0.15) is 0 Å². The normalized spacial score (nSPS) is 54.6. The van der Waals surface area contributed by atoms with E-state index in [0.29, 0.717) is 10.8 Å². The van der Waals surface area contributed by atoms with E-state index in [9.17, 15) is 5.11 Å². The lowest BCUT2D eigenvalue weighted by Crippen LogP contribution is -2.49. The largest absolute Gasteiger partial charge is 0.393 e. The average molecular weight is 274 g/mol. The lowest BCUT2D eigenvalue weighted by molar-refractivity contribution is -0.0360. The summed E-state index contributed by atoms with van der Waals surface area (Å²) in [6.07, 6.45) is 14.3. The molecule has 3 fully saturated rings. The van der Waals surface area contributed by atoms with Crippen LogP contribution in [0.2, 0.25) is 0 Å². The fourth-order valence-corrected chi connectivity index (χ4v) is 6.63. The minimum absolute atomic E-state index is 0.0637. The maximum Gasteiger partial charge on any atom is 0.0577 e. The van der Waals surface area contributed by atoms with E-state index in [1.54, 1.807) is 5.57 Å². The van der Waals surface area contributed by atoms with Crippen LogP contribution in [0.1, 0.15) is 71.6 Å². The molecule has 6 atom stereocenters. The van der Waals surface area contributed by atoms with Crippen LogP contribution in [0.25, 0.3) is 0 Å². The number of aliphatic hydroxyl groups is 1. The number of hydrogen-bond acceptors (Lipinski definition) is 1. The molecule has 0 spiro atoms. The molecule has 0 aliphatic heterocycles. The molecule has 1 heteroatoms. The Morgan fingerprint density at radius 2 is 1.90 bits per heavy atom. The summed E-state index contributed by atoms with van der Waals surface area (Å²) in [4.78, 5) is 0. The van der Waals surface area contributed by atoms with E-state index < -0.39 is 0 Å². The highest BCUT2D eigenvalue weighted by molar-refractivity contribution is 5.25. The SMILES string of the molecule is C[C@]12CCC[C@H]1[C@H]1CC=C3C[C@H](O)CC[C@@]3(C)[C@@H]1CC2. The lowest BCUT2D eigenvalue weighted by atomic mass is 9.48. The monoisotopic (exact) mass is 274 g/mol. The van der Waals surface area contributed by atoms with Crippen LogP contribution in [0.5, 0.6) is 0 Å². The van der Waals surface area contributed by atoms with Crippen LogP contribution in [-0.2, 0) is 0 Å². The molecule has 0 aromatic heterocycles. The van der Waals surface area contributed by atoms with Gasteiger partial charge in [-0.25, -0.2) is 0 Å². The first-order valence-corrected chi connectivity index (χ1v) is 8.90. The second-order valence-corrected chi connectivity index (χ2v) is 8.74. The first-order chi connectivity index (χ1) is 9.53. The van der Waals surface area contributed by atoms with E-state index in [0.717, 1.165) is 30.6 Å². The molecule has 0 unspecified atom stereocenters. The molecule has 0 radical (unpaired) electrons. The van der Waals surface area contributed by atoms with Crippen molar-refractivity contribution in [1.82, 2.24) is 0 Å². The fraction of sp³-hybridized carbons (Fsp3) is 0.895. The quantitative estimate of drug-likeness (QED) is 0.635. The summed E-state index contributed by atoms with van der Waals surface area (Å²) in [5, 5.41) is 10.0. The summed E-state index contributed by atoms with van der Waals surface area (Å²) in [5.74, 6) is 2.84. The highest BCUT2D eigenvalue weighted by Crippen LogP contribution is 2.64. The molecule has 1 nitrogen and oxygen atoms in total. The molecule has 112 valence electrons. The number of hydrogen-bond donors (Lipinski definition) is 1. The van der Waals surface area contributed by atoms with Crippen molar-refractivity contribution in [2.45, 2.75) is 77.7 Å². The smallest absolute Gasteiger partial charge is 0.0577 e. The number of aliphatic hydroxyl groups excluding tert-OH is 1. The van der Waals surface area contributed by atoms with Crippen molar-refractivity contribution in [3.63, 3.8) is 0 Å². The van der Waals surface area contributed by atoms with Crippen LogP contribution in [0, 0.1) is 28.6 Å². The van der Waals surface area contributed by atoms with Gasteiger partial charge in [0.1, 0.15) is 0 Å². The van der Waals surface area contributed by atoms with Gasteiger partial charge in [-0.1, -0.05) is 31.9 Å². The maximum atomic E-state index is 10.0. The molecule has 0 heterocycles. The molecular weight excluding hydrogens is 244 g/mol. The van der Waals surface area contributed by atoms with E-state index in [2.05, 4.69) is 19.9 Å². The second-order valence-electron chi connectivity index (χ2n) is 8.74. The molecule has 0 aromatic carbocycles. The Morgan fingerprint density at radius 1 is 1.05 bits per heavy atom. The van der Waals surface area contributed by atoms with Crippen LogP contribution >= 0.6 is 0 Å². The molecule has 0 saturated heterocycles. The van der Waals surface area contributed by atoms with Crippen LogP contribution in [0.3, 0.4) is 0 Å². The Kier molecular flexibility index (Phi) is 2.91. The average Bonchev–Trinajstić information content (AvgIpc) is 2.81. The van der Waals surface area contributed by atoms with Gasteiger partial charge in [0.25, 0.3) is 0 Å². The van der Waals surface area contributed by atoms with Crippen LogP contribution in [0.15, 0.2) is 11.6 Å². The third kappa shape index (κ3) is 1.71. The Labute approximate surface area is 123 Å². The molecule has 3 saturated carbocycles. The topological polar surface area (TPSA) is 20.2 Å². The molecule has 4 rings (SSSR count). The van der Waals surface area contributed by atoms with E-state index in [1.807, 2.05) is 0 Å². The third-order valence-corrected chi connectivity index (χ3v) is 7.86. The van der Waals surface area contributed by atoms with E-state index in [4.69, 9.17) is 0 Å². The predicted molar refractivity (Wildman–Crippen MR) is 82.3 cm³/mol. The van der Waals surface area contributed by atoms with E-state index >= 15 is 0 Å². The van der Waals surface area contributed by atoms with Crippen molar-refractivity contribution in [3.05, 3.63) is 11.6 Å². The lowest BCUT2D eigenvalue weighted by Gasteiger charge is -2.57. The number of allylic oxidation sites excluding steroid dienone is 1. The third-order valence-electron chi connectivity index (χ3n) is 7.86. The Balaban J connectivity index is 1.68. The Bertz CT molecular complexity index is 439. The summed E-state index contributed by atoms with van der Waals surface area (Å²) in [5.41, 5.74) is 2.70. The minimum atomic E-state index is -0.0637. The van der Waals surface area contributed by atoms with Gasteiger partial charge >= 0.3 is 0 Å². The van der Waals surface area contributed by atoms with Gasteiger partial charge < -0.3 is 5.11 Å². The van der Waals surface area contributed by atoms with Gasteiger partial charge in [0.2, 0.25) is 0 Å². The second kappa shape index (κ2) is 4.35. The van der Waals surface area contributed by atoms with Crippen molar-refractivity contribution >= 4 is 0 Å². The summed E-state index contributed by atoms with van der Waals surface area (Å²) in [7, 11) is 0. The molecule has 0 bridgehead atoms. The zero-order valence-electron chi connectivity index (χ0n) is 13.2. The van der Waals surface area contributed by atoms with Crippen LogP contribution < -0.4 is 0 Å². The zero-order chi connectivity index (χ0) is 14.0. The number of fused-ring (bicyclic) bond motifs is 5. The summed E-state index contributed by atoms with van der Waals surface area (Å²) in [6.45, 7) is 5.10. The molecule has 4 aliphatic rings. The van der Waals surface area contributed by atoms with Gasteiger partial charge in [-0.05, 0) is 80.0 Å². The Morgan fingerprint density at radius 3 is 2.75 bits per heavy atom. The maximum absolute atomic E-state index is 10.0. The van der Waals surface area contributed by atoms with Crippen molar-refractivity contribution in [2.24, 2.45) is 28.6 Å². The van der Waals surface area contributed by atoms with E-state index in [1.165, 1.54) is 44.9 Å². The highest BCUT2D eigenvalue weighted by Gasteiger charge is 2.55. The first kappa shape index (κ1) is 13.4. The van der Waals surface area contributed by atoms with Gasteiger partial charge in [0, 0.05) is 0 Å².